The molecule has 0 spiro atoms. The van der Waals surface area contributed by atoms with Gasteiger partial charge in [-0.2, -0.15) is 0 Å². The zero-order chi connectivity index (χ0) is 15.5. The van der Waals surface area contributed by atoms with Crippen LogP contribution in [0.15, 0.2) is 48.5 Å². The monoisotopic (exact) mass is 294 g/mol. The van der Waals surface area contributed by atoms with Gasteiger partial charge in [-0.3, -0.25) is 9.69 Å². The maximum atomic E-state index is 12.3. The van der Waals surface area contributed by atoms with Crippen molar-refractivity contribution in [1.29, 1.82) is 0 Å². The van der Waals surface area contributed by atoms with E-state index in [1.54, 1.807) is 0 Å². The molecule has 0 heterocycles. The van der Waals surface area contributed by atoms with Gasteiger partial charge in [0, 0.05) is 11.7 Å². The third-order valence-corrected chi connectivity index (χ3v) is 4.33. The summed E-state index contributed by atoms with van der Waals surface area (Å²) in [5, 5.41) is 2.98. The number of carbonyl (C=O) groups excluding carboxylic acids is 1. The van der Waals surface area contributed by atoms with Gasteiger partial charge >= 0.3 is 0 Å². The summed E-state index contributed by atoms with van der Waals surface area (Å²) in [7, 11) is 2.03. The Morgan fingerprint density at radius 2 is 2.05 bits per heavy atom. The van der Waals surface area contributed by atoms with E-state index in [0.717, 1.165) is 24.1 Å². The second-order valence-electron chi connectivity index (χ2n) is 6.09. The summed E-state index contributed by atoms with van der Waals surface area (Å²) in [4.78, 5) is 14.4. The van der Waals surface area contributed by atoms with Crippen LogP contribution in [-0.2, 0) is 11.2 Å². The lowest BCUT2D eigenvalue weighted by Crippen LogP contribution is -2.32. The lowest BCUT2D eigenvalue weighted by atomic mass is 10.1. The number of hydrogen-bond donors (Lipinski definition) is 1. The number of aryl methyl sites for hydroxylation is 2. The minimum absolute atomic E-state index is 0.0393. The van der Waals surface area contributed by atoms with E-state index in [1.807, 2.05) is 38.2 Å². The van der Waals surface area contributed by atoms with E-state index in [2.05, 4.69) is 34.5 Å². The summed E-state index contributed by atoms with van der Waals surface area (Å²) in [6.07, 6.45) is 2.19. The van der Waals surface area contributed by atoms with Gasteiger partial charge in [-0.1, -0.05) is 36.4 Å². The molecule has 1 aliphatic rings. The standard InChI is InChI=1S/C19H22N2O/c1-14-6-5-8-16(12-14)20-19(22)13-21(2)18-11-10-15-7-3-4-9-17(15)18/h3-9,12,18H,10-11,13H2,1-2H3,(H,20,22)/t18-/m0/s1. The van der Waals surface area contributed by atoms with Gasteiger partial charge in [0.25, 0.3) is 0 Å². The van der Waals surface area contributed by atoms with Crippen LogP contribution in [0.2, 0.25) is 0 Å². The van der Waals surface area contributed by atoms with E-state index >= 15 is 0 Å². The summed E-state index contributed by atoms with van der Waals surface area (Å²) in [6.45, 7) is 2.43. The fourth-order valence-electron chi connectivity index (χ4n) is 3.25. The highest BCUT2D eigenvalue weighted by Crippen LogP contribution is 2.34. The van der Waals surface area contributed by atoms with E-state index in [9.17, 15) is 4.79 Å². The Kier molecular flexibility index (Phi) is 4.25. The van der Waals surface area contributed by atoms with E-state index in [0.29, 0.717) is 12.6 Å². The third kappa shape index (κ3) is 3.20. The largest absolute Gasteiger partial charge is 0.325 e. The zero-order valence-corrected chi connectivity index (χ0v) is 13.2. The van der Waals surface area contributed by atoms with E-state index in [4.69, 9.17) is 0 Å². The number of fused-ring (bicyclic) bond motifs is 1. The highest BCUT2D eigenvalue weighted by molar-refractivity contribution is 5.92. The van der Waals surface area contributed by atoms with Gasteiger partial charge in [-0.05, 0) is 55.6 Å². The first-order valence-electron chi connectivity index (χ1n) is 7.78. The predicted molar refractivity (Wildman–Crippen MR) is 89.9 cm³/mol. The van der Waals surface area contributed by atoms with Crippen LogP contribution in [0.5, 0.6) is 0 Å². The maximum Gasteiger partial charge on any atom is 0.238 e. The number of amides is 1. The number of nitrogens with one attached hydrogen (secondary N) is 1. The summed E-state index contributed by atoms with van der Waals surface area (Å²) in [5.41, 5.74) is 4.80. The number of benzene rings is 2. The van der Waals surface area contributed by atoms with Gasteiger partial charge in [0.1, 0.15) is 0 Å². The van der Waals surface area contributed by atoms with Gasteiger partial charge in [0.15, 0.2) is 0 Å². The Morgan fingerprint density at radius 1 is 1.23 bits per heavy atom. The Bertz CT molecular complexity index is 681. The van der Waals surface area contributed by atoms with Crippen molar-refractivity contribution in [2.75, 3.05) is 18.9 Å². The Morgan fingerprint density at radius 3 is 2.86 bits per heavy atom. The molecule has 0 aromatic heterocycles. The van der Waals surface area contributed by atoms with Crippen molar-refractivity contribution in [3.05, 3.63) is 65.2 Å². The first-order valence-corrected chi connectivity index (χ1v) is 7.78. The maximum absolute atomic E-state index is 12.3. The van der Waals surface area contributed by atoms with Gasteiger partial charge in [0.2, 0.25) is 5.91 Å². The first kappa shape index (κ1) is 14.8. The van der Waals surface area contributed by atoms with E-state index < -0.39 is 0 Å². The molecule has 3 rings (SSSR count). The summed E-state index contributed by atoms with van der Waals surface area (Å²) < 4.78 is 0. The molecule has 114 valence electrons. The van der Waals surface area contributed by atoms with Gasteiger partial charge in [-0.25, -0.2) is 0 Å². The highest BCUT2D eigenvalue weighted by atomic mass is 16.2. The van der Waals surface area contributed by atoms with Crippen LogP contribution in [-0.4, -0.2) is 24.4 Å². The van der Waals surface area contributed by atoms with Gasteiger partial charge < -0.3 is 5.32 Å². The number of carbonyl (C=O) groups is 1. The normalized spacial score (nSPS) is 16.6. The summed E-state index contributed by atoms with van der Waals surface area (Å²) in [6, 6.07) is 16.8. The average Bonchev–Trinajstić information content (AvgIpc) is 2.91. The van der Waals surface area contributed by atoms with Crippen LogP contribution in [0.3, 0.4) is 0 Å². The number of nitrogens with zero attached hydrogens (tertiary/aromatic N) is 1. The SMILES string of the molecule is Cc1cccc(NC(=O)CN(C)[C@H]2CCc3ccccc32)c1. The topological polar surface area (TPSA) is 32.3 Å². The number of rotatable bonds is 4. The molecular weight excluding hydrogens is 272 g/mol. The fraction of sp³-hybridized carbons (Fsp3) is 0.316. The van der Waals surface area contributed by atoms with Crippen LogP contribution in [0.1, 0.15) is 29.2 Å². The molecule has 0 saturated carbocycles. The van der Waals surface area contributed by atoms with Crippen LogP contribution in [0.4, 0.5) is 5.69 Å². The number of likely N-dealkylation sites (N-methyl/N-ethyl adjacent to an activating group) is 1. The molecule has 1 N–H and O–H groups in total. The zero-order valence-electron chi connectivity index (χ0n) is 13.2. The van der Waals surface area contributed by atoms with Crippen molar-refractivity contribution < 1.29 is 4.79 Å². The smallest absolute Gasteiger partial charge is 0.238 e. The Balaban J connectivity index is 1.62. The van der Waals surface area contributed by atoms with Crippen molar-refractivity contribution in [3.8, 4) is 0 Å². The van der Waals surface area contributed by atoms with Crippen LogP contribution in [0.25, 0.3) is 0 Å². The molecule has 0 bridgehead atoms. The molecule has 1 atom stereocenters. The molecule has 0 saturated heterocycles. The summed E-state index contributed by atoms with van der Waals surface area (Å²) in [5.74, 6) is 0.0393. The molecule has 0 unspecified atom stereocenters. The van der Waals surface area contributed by atoms with Crippen molar-refractivity contribution in [2.24, 2.45) is 0 Å². The van der Waals surface area contributed by atoms with Crippen LogP contribution < -0.4 is 5.32 Å². The molecule has 0 radical (unpaired) electrons. The molecule has 3 nitrogen and oxygen atoms in total. The first-order chi connectivity index (χ1) is 10.6. The van der Waals surface area contributed by atoms with Crippen molar-refractivity contribution in [3.63, 3.8) is 0 Å². The molecule has 3 heteroatoms. The van der Waals surface area contributed by atoms with Crippen LogP contribution in [0, 0.1) is 6.92 Å². The molecule has 2 aromatic carbocycles. The Hall–Kier alpha value is -2.13. The fourth-order valence-corrected chi connectivity index (χ4v) is 3.25. The van der Waals surface area contributed by atoms with Crippen molar-refractivity contribution >= 4 is 11.6 Å². The lowest BCUT2D eigenvalue weighted by Gasteiger charge is -2.24. The second kappa shape index (κ2) is 6.32. The van der Waals surface area contributed by atoms with Crippen molar-refractivity contribution in [1.82, 2.24) is 4.90 Å². The van der Waals surface area contributed by atoms with Crippen LogP contribution >= 0.6 is 0 Å². The number of anilines is 1. The molecule has 22 heavy (non-hydrogen) atoms. The molecule has 2 aromatic rings. The van der Waals surface area contributed by atoms with E-state index in [-0.39, 0.29) is 5.91 Å². The second-order valence-corrected chi connectivity index (χ2v) is 6.09. The molecule has 0 aliphatic heterocycles. The lowest BCUT2D eigenvalue weighted by molar-refractivity contribution is -0.117. The van der Waals surface area contributed by atoms with Gasteiger partial charge in [-0.15, -0.1) is 0 Å². The highest BCUT2D eigenvalue weighted by Gasteiger charge is 2.26. The minimum Gasteiger partial charge on any atom is -0.325 e. The average molecular weight is 294 g/mol. The van der Waals surface area contributed by atoms with Crippen molar-refractivity contribution in [2.45, 2.75) is 25.8 Å². The molecule has 1 amide bonds. The predicted octanol–water partition coefficient (Wildman–Crippen LogP) is 3.55. The Labute approximate surface area is 132 Å². The van der Waals surface area contributed by atoms with E-state index in [1.165, 1.54) is 11.1 Å². The van der Waals surface area contributed by atoms with Gasteiger partial charge in [0.05, 0.1) is 6.54 Å². The molecular formula is C19H22N2O. The molecule has 1 aliphatic carbocycles. The minimum atomic E-state index is 0.0393. The summed E-state index contributed by atoms with van der Waals surface area (Å²) >= 11 is 0. The third-order valence-electron chi connectivity index (χ3n) is 4.33. The molecule has 0 fully saturated rings. The quantitative estimate of drug-likeness (QED) is 0.935. The number of hydrogen-bond acceptors (Lipinski definition) is 2.